The standard InChI is InChI=1S/C16H23ClO3/c1-16(2,3)13-11-12(17)8-9-14(13)20-10-6-5-7-15(18)19-4/h8-9,11H,5-7,10H2,1-4H3. The van der Waals surface area contributed by atoms with Crippen molar-refractivity contribution < 1.29 is 14.3 Å². The smallest absolute Gasteiger partial charge is 0.305 e. The minimum absolute atomic E-state index is 0.0216. The van der Waals surface area contributed by atoms with Gasteiger partial charge in [-0.25, -0.2) is 0 Å². The lowest BCUT2D eigenvalue weighted by Crippen LogP contribution is -2.14. The van der Waals surface area contributed by atoms with Crippen molar-refractivity contribution in [3.63, 3.8) is 0 Å². The molecule has 0 aliphatic carbocycles. The Bertz CT molecular complexity index is 450. The highest BCUT2D eigenvalue weighted by atomic mass is 35.5. The predicted molar refractivity (Wildman–Crippen MR) is 81.5 cm³/mol. The minimum atomic E-state index is -0.174. The first-order valence-electron chi connectivity index (χ1n) is 6.84. The van der Waals surface area contributed by atoms with E-state index in [2.05, 4.69) is 25.5 Å². The van der Waals surface area contributed by atoms with E-state index in [1.807, 2.05) is 18.2 Å². The van der Waals surface area contributed by atoms with Crippen molar-refractivity contribution in [3.05, 3.63) is 28.8 Å². The van der Waals surface area contributed by atoms with Crippen LogP contribution in [0, 0.1) is 0 Å². The molecule has 0 N–H and O–H groups in total. The fourth-order valence-corrected chi connectivity index (χ4v) is 2.04. The molecule has 20 heavy (non-hydrogen) atoms. The van der Waals surface area contributed by atoms with Crippen LogP contribution in [0.5, 0.6) is 5.75 Å². The molecule has 0 radical (unpaired) electrons. The molecule has 0 fully saturated rings. The van der Waals surface area contributed by atoms with Crippen LogP contribution in [-0.2, 0) is 14.9 Å². The highest BCUT2D eigenvalue weighted by Crippen LogP contribution is 2.33. The van der Waals surface area contributed by atoms with E-state index in [1.54, 1.807) is 0 Å². The summed E-state index contributed by atoms with van der Waals surface area (Å²) in [4.78, 5) is 11.0. The molecule has 0 aromatic heterocycles. The molecular formula is C16H23ClO3. The summed E-state index contributed by atoms with van der Waals surface area (Å²) in [5.41, 5.74) is 1.07. The first-order chi connectivity index (χ1) is 9.34. The summed E-state index contributed by atoms with van der Waals surface area (Å²) in [5.74, 6) is 0.687. The van der Waals surface area contributed by atoms with E-state index in [4.69, 9.17) is 16.3 Å². The van der Waals surface area contributed by atoms with E-state index < -0.39 is 0 Å². The zero-order valence-corrected chi connectivity index (χ0v) is 13.4. The SMILES string of the molecule is COC(=O)CCCCOc1ccc(Cl)cc1C(C)(C)C. The lowest BCUT2D eigenvalue weighted by atomic mass is 9.86. The monoisotopic (exact) mass is 298 g/mol. The Labute approximate surface area is 126 Å². The zero-order valence-electron chi connectivity index (χ0n) is 12.7. The number of hydrogen-bond acceptors (Lipinski definition) is 3. The fourth-order valence-electron chi connectivity index (χ4n) is 1.87. The van der Waals surface area contributed by atoms with E-state index in [9.17, 15) is 4.79 Å². The van der Waals surface area contributed by atoms with Crippen LogP contribution in [0.1, 0.15) is 45.6 Å². The second kappa shape index (κ2) is 7.53. The van der Waals surface area contributed by atoms with Crippen LogP contribution in [0.4, 0.5) is 0 Å². The van der Waals surface area contributed by atoms with Gasteiger partial charge >= 0.3 is 5.97 Å². The lowest BCUT2D eigenvalue weighted by molar-refractivity contribution is -0.140. The summed E-state index contributed by atoms with van der Waals surface area (Å²) in [5, 5.41) is 0.716. The summed E-state index contributed by atoms with van der Waals surface area (Å²) >= 11 is 6.05. The number of ether oxygens (including phenoxy) is 2. The second-order valence-electron chi connectivity index (χ2n) is 5.77. The second-order valence-corrected chi connectivity index (χ2v) is 6.21. The quantitative estimate of drug-likeness (QED) is 0.578. The van der Waals surface area contributed by atoms with Crippen LogP contribution in [0.2, 0.25) is 5.02 Å². The average Bonchev–Trinajstić information content (AvgIpc) is 2.38. The Balaban J connectivity index is 2.54. The third kappa shape index (κ3) is 5.41. The number of unbranched alkanes of at least 4 members (excludes halogenated alkanes) is 1. The molecule has 0 aliphatic rings. The number of halogens is 1. The third-order valence-electron chi connectivity index (χ3n) is 3.01. The van der Waals surface area contributed by atoms with Crippen LogP contribution in [0.15, 0.2) is 18.2 Å². The Hall–Kier alpha value is -1.22. The van der Waals surface area contributed by atoms with Gasteiger partial charge in [-0.05, 0) is 36.5 Å². The topological polar surface area (TPSA) is 35.5 Å². The molecule has 4 heteroatoms. The van der Waals surface area contributed by atoms with Crippen LogP contribution < -0.4 is 4.74 Å². The van der Waals surface area contributed by atoms with Gasteiger partial charge < -0.3 is 9.47 Å². The zero-order chi connectivity index (χ0) is 15.2. The Morgan fingerprint density at radius 1 is 1.25 bits per heavy atom. The van der Waals surface area contributed by atoms with Crippen molar-refractivity contribution in [2.45, 2.75) is 45.4 Å². The number of rotatable bonds is 6. The maximum absolute atomic E-state index is 11.0. The minimum Gasteiger partial charge on any atom is -0.493 e. The number of carbonyl (C=O) groups excluding carboxylic acids is 1. The van der Waals surface area contributed by atoms with Crippen LogP contribution in [0.25, 0.3) is 0 Å². The van der Waals surface area contributed by atoms with Crippen LogP contribution in [-0.4, -0.2) is 19.7 Å². The van der Waals surface area contributed by atoms with Gasteiger partial charge in [0.15, 0.2) is 0 Å². The van der Waals surface area contributed by atoms with Crippen LogP contribution in [0.3, 0.4) is 0 Å². The van der Waals surface area contributed by atoms with E-state index >= 15 is 0 Å². The number of benzene rings is 1. The number of carbonyl (C=O) groups is 1. The van der Waals surface area contributed by atoms with Gasteiger partial charge in [0.2, 0.25) is 0 Å². The molecule has 0 aliphatic heterocycles. The normalized spacial score (nSPS) is 11.2. The van der Waals surface area contributed by atoms with Crippen molar-refractivity contribution in [3.8, 4) is 5.75 Å². The number of hydrogen-bond donors (Lipinski definition) is 0. The molecule has 0 heterocycles. The van der Waals surface area contributed by atoms with E-state index in [0.29, 0.717) is 18.1 Å². The van der Waals surface area contributed by atoms with Gasteiger partial charge in [-0.2, -0.15) is 0 Å². The molecule has 1 aromatic rings. The molecule has 0 saturated carbocycles. The van der Waals surface area contributed by atoms with Gasteiger partial charge in [-0.15, -0.1) is 0 Å². The van der Waals surface area contributed by atoms with Gasteiger partial charge in [-0.1, -0.05) is 32.4 Å². The molecule has 3 nitrogen and oxygen atoms in total. The highest BCUT2D eigenvalue weighted by Gasteiger charge is 2.19. The summed E-state index contributed by atoms with van der Waals surface area (Å²) < 4.78 is 10.4. The summed E-state index contributed by atoms with van der Waals surface area (Å²) in [6, 6.07) is 5.69. The van der Waals surface area contributed by atoms with Crippen molar-refractivity contribution in [2.75, 3.05) is 13.7 Å². The third-order valence-corrected chi connectivity index (χ3v) is 3.25. The lowest BCUT2D eigenvalue weighted by Gasteiger charge is -2.23. The fraction of sp³-hybridized carbons (Fsp3) is 0.562. The van der Waals surface area contributed by atoms with Crippen molar-refractivity contribution in [1.29, 1.82) is 0 Å². The molecule has 0 unspecified atom stereocenters. The molecule has 0 atom stereocenters. The van der Waals surface area contributed by atoms with Gasteiger partial charge in [0.05, 0.1) is 13.7 Å². The molecule has 1 aromatic carbocycles. The van der Waals surface area contributed by atoms with E-state index in [1.165, 1.54) is 7.11 Å². The average molecular weight is 299 g/mol. The number of methoxy groups -OCH3 is 1. The molecule has 0 saturated heterocycles. The predicted octanol–water partition coefficient (Wildman–Crippen LogP) is 4.36. The molecule has 0 bridgehead atoms. The van der Waals surface area contributed by atoms with E-state index in [0.717, 1.165) is 24.2 Å². The molecule has 0 spiro atoms. The van der Waals surface area contributed by atoms with Gasteiger partial charge in [0.1, 0.15) is 5.75 Å². The summed E-state index contributed by atoms with van der Waals surface area (Å²) in [6.07, 6.45) is 2.03. The summed E-state index contributed by atoms with van der Waals surface area (Å²) in [7, 11) is 1.40. The maximum Gasteiger partial charge on any atom is 0.305 e. The Kier molecular flexibility index (Phi) is 6.34. The van der Waals surface area contributed by atoms with E-state index in [-0.39, 0.29) is 11.4 Å². The Morgan fingerprint density at radius 2 is 1.95 bits per heavy atom. The maximum atomic E-state index is 11.0. The molecule has 1 rings (SSSR count). The van der Waals surface area contributed by atoms with Crippen molar-refractivity contribution in [1.82, 2.24) is 0 Å². The van der Waals surface area contributed by atoms with Gasteiger partial charge in [0.25, 0.3) is 0 Å². The molecule has 0 amide bonds. The summed E-state index contributed by atoms with van der Waals surface area (Å²) in [6.45, 7) is 6.97. The highest BCUT2D eigenvalue weighted by molar-refractivity contribution is 6.30. The van der Waals surface area contributed by atoms with Crippen LogP contribution >= 0.6 is 11.6 Å². The molecular weight excluding hydrogens is 276 g/mol. The largest absolute Gasteiger partial charge is 0.493 e. The number of esters is 1. The molecule has 112 valence electrons. The first kappa shape index (κ1) is 16.8. The van der Waals surface area contributed by atoms with Gasteiger partial charge in [-0.3, -0.25) is 4.79 Å². The van der Waals surface area contributed by atoms with Crippen molar-refractivity contribution >= 4 is 17.6 Å². The Morgan fingerprint density at radius 3 is 2.55 bits per heavy atom. The van der Waals surface area contributed by atoms with Gasteiger partial charge in [0, 0.05) is 17.0 Å². The van der Waals surface area contributed by atoms with Crippen molar-refractivity contribution in [2.24, 2.45) is 0 Å². The first-order valence-corrected chi connectivity index (χ1v) is 7.22.